The molecule has 1 aliphatic rings. The third-order valence-corrected chi connectivity index (χ3v) is 8.58. The summed E-state index contributed by atoms with van der Waals surface area (Å²) in [5, 5.41) is 4.74. The highest BCUT2D eigenvalue weighted by atomic mass is 35.5. The first-order valence-electron chi connectivity index (χ1n) is 10.5. The van der Waals surface area contributed by atoms with Crippen molar-refractivity contribution in [2.75, 3.05) is 23.9 Å². The van der Waals surface area contributed by atoms with Crippen LogP contribution in [-0.4, -0.2) is 44.9 Å². The number of rotatable bonds is 7. The van der Waals surface area contributed by atoms with E-state index in [0.29, 0.717) is 40.9 Å². The van der Waals surface area contributed by atoms with E-state index in [2.05, 4.69) is 19.2 Å². The van der Waals surface area contributed by atoms with Gasteiger partial charge in [0, 0.05) is 21.0 Å². The lowest BCUT2D eigenvalue weighted by Crippen LogP contribution is -2.39. The van der Waals surface area contributed by atoms with E-state index in [-0.39, 0.29) is 0 Å². The summed E-state index contributed by atoms with van der Waals surface area (Å²) in [7, 11) is -8.77. The van der Waals surface area contributed by atoms with Crippen LogP contribution < -0.4 is 14.8 Å². The molecule has 3 N–H and O–H groups in total. The smallest absolute Gasteiger partial charge is 0.317 e. The number of thioether (sulfide) groups is 1. The Morgan fingerprint density at radius 3 is 2.22 bits per heavy atom. The third kappa shape index (κ3) is 7.79. The predicted molar refractivity (Wildman–Crippen MR) is 147 cm³/mol. The maximum atomic E-state index is 11.6. The van der Waals surface area contributed by atoms with Gasteiger partial charge in [0.1, 0.15) is 4.70 Å². The molecule has 4 rings (SSSR count). The molecule has 15 heteroatoms. The Morgan fingerprint density at radius 1 is 1.00 bits per heavy atom. The second kappa shape index (κ2) is 12.0. The van der Waals surface area contributed by atoms with E-state index in [4.69, 9.17) is 23.2 Å². The van der Waals surface area contributed by atoms with Crippen LogP contribution in [0.2, 0.25) is 10.0 Å². The van der Waals surface area contributed by atoms with E-state index in [9.17, 15) is 25.9 Å². The minimum atomic E-state index is -4.39. The first kappa shape index (κ1) is 29.1. The molecular weight excluding hydrogens is 589 g/mol. The molecule has 0 radical (unpaired) electrons. The van der Waals surface area contributed by atoms with Crippen LogP contribution in [-0.2, 0) is 26.1 Å². The summed E-state index contributed by atoms with van der Waals surface area (Å²) in [5.41, 5.74) is 0.985. The van der Waals surface area contributed by atoms with Gasteiger partial charge in [-0.2, -0.15) is 21.4 Å². The fourth-order valence-electron chi connectivity index (χ4n) is 3.31. The molecule has 1 aromatic heterocycles. The number of thiazole rings is 1. The van der Waals surface area contributed by atoms with E-state index in [0.717, 1.165) is 13.1 Å². The van der Waals surface area contributed by atoms with Crippen molar-refractivity contribution >= 4 is 88.5 Å². The van der Waals surface area contributed by atoms with Crippen molar-refractivity contribution in [2.24, 2.45) is 0 Å². The van der Waals surface area contributed by atoms with Gasteiger partial charge in [-0.1, -0.05) is 60.1 Å². The molecule has 0 bridgehead atoms. The normalized spacial score (nSPS) is 14.7. The summed E-state index contributed by atoms with van der Waals surface area (Å²) in [6.07, 6.45) is 1.59. The van der Waals surface area contributed by atoms with Crippen LogP contribution in [0.1, 0.15) is 18.9 Å². The molecule has 0 unspecified atom stereocenters. The van der Waals surface area contributed by atoms with Crippen molar-refractivity contribution in [3.8, 4) is 0 Å². The highest BCUT2D eigenvalue weighted by molar-refractivity contribution is 8.04. The lowest BCUT2D eigenvalue weighted by Gasteiger charge is -2.18. The summed E-state index contributed by atoms with van der Waals surface area (Å²) in [4.78, 5) is 2.08. The van der Waals surface area contributed by atoms with Gasteiger partial charge in [-0.25, -0.2) is 0 Å². The molecule has 0 fully saturated rings. The summed E-state index contributed by atoms with van der Waals surface area (Å²) in [6, 6.07) is 9.90. The Hall–Kier alpha value is -1.42. The maximum Gasteiger partial charge on any atom is 0.326 e. The number of nitrogens with zero attached hydrogens (tertiary/aromatic N) is 2. The van der Waals surface area contributed by atoms with Gasteiger partial charge in [-0.3, -0.25) is 9.11 Å². The van der Waals surface area contributed by atoms with Crippen LogP contribution >= 0.6 is 46.3 Å². The lowest BCUT2D eigenvalue weighted by molar-refractivity contribution is -0.649. The molecular formula is C21H24Cl2N3O6S4+. The molecule has 2 aromatic carbocycles. The van der Waals surface area contributed by atoms with Crippen molar-refractivity contribution in [3.63, 3.8) is 0 Å². The molecule has 0 amide bonds. The minimum absolute atomic E-state index is 0.388. The second-order valence-electron chi connectivity index (χ2n) is 7.48. The fraction of sp³-hybridized carbons (Fsp3) is 0.286. The van der Waals surface area contributed by atoms with Gasteiger partial charge >= 0.3 is 10.1 Å². The predicted octanol–water partition coefficient (Wildman–Crippen LogP) is 4.71. The lowest BCUT2D eigenvalue weighted by atomic mass is 10.3. The molecule has 1 aliphatic heterocycles. The zero-order valence-corrected chi connectivity index (χ0v) is 24.0. The molecule has 196 valence electrons. The molecule has 9 nitrogen and oxygen atoms in total. The SMILES string of the molecule is CCNCC.O=S(=O)(O)CN1C(=Cc2sc3ccc(Cl)cc3[n+]2CS(=O)(=O)O)Sc2ccc(Cl)cc21. The molecule has 3 aromatic rings. The zero-order valence-electron chi connectivity index (χ0n) is 19.2. The van der Waals surface area contributed by atoms with Gasteiger partial charge in [0.15, 0.2) is 5.88 Å². The average molecular weight is 614 g/mol. The number of benzene rings is 2. The minimum Gasteiger partial charge on any atom is -0.317 e. The molecule has 0 saturated carbocycles. The van der Waals surface area contributed by atoms with E-state index in [1.807, 2.05) is 0 Å². The molecule has 0 spiro atoms. The fourth-order valence-corrected chi connectivity index (χ4v) is 7.25. The van der Waals surface area contributed by atoms with Gasteiger partial charge in [-0.15, -0.1) is 0 Å². The monoisotopic (exact) mass is 612 g/mol. The third-order valence-electron chi connectivity index (χ3n) is 4.72. The van der Waals surface area contributed by atoms with Crippen molar-refractivity contribution in [3.05, 3.63) is 56.5 Å². The summed E-state index contributed by atoms with van der Waals surface area (Å²) in [5.74, 6) is -1.43. The van der Waals surface area contributed by atoms with Crippen LogP contribution in [0.3, 0.4) is 0 Å². The highest BCUT2D eigenvalue weighted by Crippen LogP contribution is 2.48. The Bertz CT molecular complexity index is 1510. The molecule has 36 heavy (non-hydrogen) atoms. The number of nitrogens with one attached hydrogen (secondary N) is 1. The maximum absolute atomic E-state index is 11.6. The van der Waals surface area contributed by atoms with E-state index in [1.54, 1.807) is 42.5 Å². The second-order valence-corrected chi connectivity index (χ2v) is 13.3. The number of anilines is 1. The van der Waals surface area contributed by atoms with Crippen molar-refractivity contribution < 1.29 is 30.5 Å². The van der Waals surface area contributed by atoms with E-state index in [1.165, 1.54) is 32.6 Å². The number of hydrogen-bond donors (Lipinski definition) is 3. The van der Waals surface area contributed by atoms with Crippen molar-refractivity contribution in [2.45, 2.75) is 24.6 Å². The summed E-state index contributed by atoms with van der Waals surface area (Å²) in [6.45, 7) is 6.39. The average Bonchev–Trinajstić information content (AvgIpc) is 3.25. The van der Waals surface area contributed by atoms with Crippen LogP contribution in [0.15, 0.2) is 46.3 Å². The molecule has 0 atom stereocenters. The van der Waals surface area contributed by atoms with E-state index < -0.39 is 32.0 Å². The standard InChI is InChI=1S/C17H12Cl2N2O6S4.C4H11N/c18-10-1-3-14-12(5-10)20(8-30(22,23)24)16(28-14)7-17-21(9-31(25,26)27)13-6-11(19)2-4-15(13)29-17;1-3-5-4-2/h1-7H,8-9H2,(H-,22,23,24,25,26,27);5H,3-4H2,1-2H3/p+1. The zero-order chi connectivity index (χ0) is 26.7. The number of hydrogen-bond acceptors (Lipinski definition) is 8. The Morgan fingerprint density at radius 2 is 1.64 bits per heavy atom. The van der Waals surface area contributed by atoms with Crippen LogP contribution in [0.4, 0.5) is 5.69 Å². The van der Waals surface area contributed by atoms with Crippen LogP contribution in [0.5, 0.6) is 0 Å². The van der Waals surface area contributed by atoms with Crippen LogP contribution in [0, 0.1) is 0 Å². The van der Waals surface area contributed by atoms with Gasteiger partial charge in [-0.05, 0) is 43.4 Å². The quantitative estimate of drug-likeness (QED) is 0.256. The van der Waals surface area contributed by atoms with Gasteiger partial charge < -0.3 is 10.2 Å². The largest absolute Gasteiger partial charge is 0.326 e. The topological polar surface area (TPSA) is 128 Å². The Balaban J connectivity index is 0.000000658. The first-order valence-corrected chi connectivity index (χ1v) is 16.1. The molecule has 0 aliphatic carbocycles. The molecule has 0 saturated heterocycles. The van der Waals surface area contributed by atoms with Crippen molar-refractivity contribution in [1.82, 2.24) is 5.32 Å². The van der Waals surface area contributed by atoms with Gasteiger partial charge in [0.05, 0.1) is 16.8 Å². The highest BCUT2D eigenvalue weighted by Gasteiger charge is 2.32. The Kier molecular flexibility index (Phi) is 9.69. The van der Waals surface area contributed by atoms with Gasteiger partial charge in [0.2, 0.25) is 5.52 Å². The Labute approximate surface area is 228 Å². The van der Waals surface area contributed by atoms with E-state index >= 15 is 0 Å². The summed E-state index contributed by atoms with van der Waals surface area (Å²) < 4.78 is 67.5. The first-order chi connectivity index (χ1) is 16.8. The van der Waals surface area contributed by atoms with Gasteiger partial charge in [0.25, 0.3) is 21.0 Å². The van der Waals surface area contributed by atoms with Crippen LogP contribution in [0.25, 0.3) is 16.3 Å². The number of aromatic nitrogens is 1. The summed E-state index contributed by atoms with van der Waals surface area (Å²) >= 11 is 14.6. The number of fused-ring (bicyclic) bond motifs is 2. The van der Waals surface area contributed by atoms with Crippen molar-refractivity contribution in [1.29, 1.82) is 0 Å². The molecule has 2 heterocycles. The number of halogens is 2.